The molecule has 1 aliphatic heterocycles. The average Bonchev–Trinajstić information content (AvgIpc) is 3.39. The molecule has 0 spiro atoms. The zero-order chi connectivity index (χ0) is 22.6. The van der Waals surface area contributed by atoms with Crippen LogP contribution < -0.4 is 15.5 Å². The lowest BCUT2D eigenvalue weighted by Gasteiger charge is -2.22. The molecule has 2 amide bonds. The Morgan fingerprint density at radius 2 is 2.13 bits per heavy atom. The summed E-state index contributed by atoms with van der Waals surface area (Å²) in [5.74, 6) is 0.841. The van der Waals surface area contributed by atoms with Crippen LogP contribution in [0.15, 0.2) is 11.4 Å². The second-order valence-corrected chi connectivity index (χ2v) is 9.84. The number of hydrogen-bond acceptors (Lipinski definition) is 8. The lowest BCUT2D eigenvalue weighted by molar-refractivity contribution is -0.124. The van der Waals surface area contributed by atoms with Crippen LogP contribution in [-0.4, -0.2) is 53.5 Å². The van der Waals surface area contributed by atoms with Crippen molar-refractivity contribution in [2.45, 2.75) is 57.3 Å². The third-order valence-corrected chi connectivity index (χ3v) is 5.92. The molecule has 1 aromatic heterocycles. The average molecular weight is 447 g/mol. The number of aromatic nitrogens is 2. The number of thioether (sulfide) groups is 1. The number of carbonyl (C=O) groups excluding carboxylic acids is 2. The van der Waals surface area contributed by atoms with Gasteiger partial charge in [-0.15, -0.1) is 0 Å². The molecule has 1 aliphatic carbocycles. The fourth-order valence-corrected chi connectivity index (χ4v) is 3.81. The number of nitrogens with one attached hydrogen (secondary N) is 2. The van der Waals surface area contributed by atoms with E-state index in [2.05, 4.69) is 31.6 Å². The van der Waals surface area contributed by atoms with Gasteiger partial charge in [-0.3, -0.25) is 4.79 Å². The standard InChI is InChI=1S/C21H30N6O3S/c1-20(2,3)30-19(29)25-9-14-5-8-27(12-14)16-15(11-24-18(26-16)31-4)10-23-17(28)21(13-22)6-7-21/h11,14H,5-10,12H2,1-4H3,(H,23,28)(H,25,29). The maximum absolute atomic E-state index is 12.3. The van der Waals surface area contributed by atoms with E-state index < -0.39 is 17.1 Å². The van der Waals surface area contributed by atoms with E-state index in [0.717, 1.165) is 30.9 Å². The minimum atomic E-state index is -0.855. The van der Waals surface area contributed by atoms with Crippen LogP contribution in [-0.2, 0) is 16.1 Å². The molecule has 0 radical (unpaired) electrons. The third kappa shape index (κ3) is 6.00. The summed E-state index contributed by atoms with van der Waals surface area (Å²) in [5.41, 5.74) is -0.558. The first kappa shape index (κ1) is 23.1. The number of nitrogens with zero attached hydrogens (tertiary/aromatic N) is 4. The zero-order valence-corrected chi connectivity index (χ0v) is 19.3. The predicted octanol–water partition coefficient (Wildman–Crippen LogP) is 2.47. The topological polar surface area (TPSA) is 120 Å². The molecule has 1 saturated carbocycles. The van der Waals surface area contributed by atoms with E-state index in [0.29, 0.717) is 24.5 Å². The highest BCUT2D eigenvalue weighted by Crippen LogP contribution is 2.45. The van der Waals surface area contributed by atoms with Gasteiger partial charge in [-0.25, -0.2) is 14.8 Å². The highest BCUT2D eigenvalue weighted by Gasteiger charge is 2.50. The third-order valence-electron chi connectivity index (χ3n) is 5.36. The molecule has 2 aliphatic rings. The van der Waals surface area contributed by atoms with Gasteiger partial charge in [-0.2, -0.15) is 5.26 Å². The summed E-state index contributed by atoms with van der Waals surface area (Å²) in [6, 6.07) is 2.12. The highest BCUT2D eigenvalue weighted by molar-refractivity contribution is 7.98. The fourth-order valence-electron chi connectivity index (χ4n) is 3.47. The molecular weight excluding hydrogens is 416 g/mol. The van der Waals surface area contributed by atoms with E-state index in [1.807, 2.05) is 27.0 Å². The number of rotatable bonds is 7. The van der Waals surface area contributed by atoms with Gasteiger partial charge >= 0.3 is 6.09 Å². The molecule has 9 nitrogen and oxygen atoms in total. The number of ether oxygens (including phenoxy) is 1. The first-order chi connectivity index (χ1) is 14.7. The quantitative estimate of drug-likeness (QED) is 0.484. The predicted molar refractivity (Wildman–Crippen MR) is 117 cm³/mol. The highest BCUT2D eigenvalue weighted by atomic mass is 32.2. The molecule has 2 fully saturated rings. The Bertz CT molecular complexity index is 875. The summed E-state index contributed by atoms with van der Waals surface area (Å²) >= 11 is 1.46. The molecule has 0 bridgehead atoms. The second-order valence-electron chi connectivity index (χ2n) is 9.07. The Kier molecular flexibility index (Phi) is 6.94. The van der Waals surface area contributed by atoms with Gasteiger partial charge in [-0.1, -0.05) is 11.8 Å². The molecule has 0 aromatic carbocycles. The summed E-state index contributed by atoms with van der Waals surface area (Å²) in [4.78, 5) is 35.5. The van der Waals surface area contributed by atoms with Crippen LogP contribution in [0.3, 0.4) is 0 Å². The monoisotopic (exact) mass is 446 g/mol. The van der Waals surface area contributed by atoms with Gasteiger partial charge in [0.2, 0.25) is 5.91 Å². The minimum Gasteiger partial charge on any atom is -0.444 e. The van der Waals surface area contributed by atoms with Crippen molar-refractivity contribution < 1.29 is 14.3 Å². The van der Waals surface area contributed by atoms with Gasteiger partial charge in [0, 0.05) is 37.9 Å². The summed E-state index contributed by atoms with van der Waals surface area (Å²) in [6.45, 7) is 7.86. The van der Waals surface area contributed by atoms with Crippen LogP contribution in [0.4, 0.5) is 10.6 Å². The van der Waals surface area contributed by atoms with Crippen molar-refractivity contribution >= 4 is 29.6 Å². The largest absolute Gasteiger partial charge is 0.444 e. The van der Waals surface area contributed by atoms with Crippen molar-refractivity contribution in [2.75, 3.05) is 30.8 Å². The molecule has 1 unspecified atom stereocenters. The fraction of sp³-hybridized carbons (Fsp3) is 0.667. The number of nitriles is 1. The summed E-state index contributed by atoms with van der Waals surface area (Å²) < 4.78 is 5.30. The zero-order valence-electron chi connectivity index (χ0n) is 18.5. The SMILES string of the molecule is CSc1ncc(CNC(=O)C2(C#N)CC2)c(N2CCC(CNC(=O)OC(C)(C)C)C2)n1. The first-order valence-corrected chi connectivity index (χ1v) is 11.7. The molecule has 2 N–H and O–H groups in total. The van der Waals surface area contributed by atoms with Gasteiger partial charge < -0.3 is 20.3 Å². The Hall–Kier alpha value is -2.54. The van der Waals surface area contributed by atoms with Crippen molar-refractivity contribution in [2.24, 2.45) is 11.3 Å². The van der Waals surface area contributed by atoms with Crippen LogP contribution in [0.1, 0.15) is 45.6 Å². The van der Waals surface area contributed by atoms with E-state index in [1.54, 1.807) is 6.20 Å². The van der Waals surface area contributed by atoms with Crippen molar-refractivity contribution in [3.8, 4) is 6.07 Å². The molecule has 10 heteroatoms. The van der Waals surface area contributed by atoms with Crippen LogP contribution in [0.5, 0.6) is 0 Å². The number of carbonyl (C=O) groups is 2. The van der Waals surface area contributed by atoms with E-state index in [4.69, 9.17) is 4.74 Å². The van der Waals surface area contributed by atoms with Gasteiger partial charge in [0.25, 0.3) is 0 Å². The number of anilines is 1. The van der Waals surface area contributed by atoms with Crippen molar-refractivity contribution in [3.63, 3.8) is 0 Å². The van der Waals surface area contributed by atoms with Crippen LogP contribution in [0, 0.1) is 22.7 Å². The van der Waals surface area contributed by atoms with Gasteiger partial charge in [0.15, 0.2) is 5.16 Å². The Labute approximate surface area is 187 Å². The number of hydrogen-bond donors (Lipinski definition) is 2. The lowest BCUT2D eigenvalue weighted by Crippen LogP contribution is -2.36. The number of alkyl carbamates (subject to hydrolysis) is 1. The maximum Gasteiger partial charge on any atom is 0.407 e. The van der Waals surface area contributed by atoms with Gasteiger partial charge in [0.05, 0.1) is 6.07 Å². The van der Waals surface area contributed by atoms with Crippen molar-refractivity contribution in [1.82, 2.24) is 20.6 Å². The summed E-state index contributed by atoms with van der Waals surface area (Å²) in [5, 5.41) is 15.6. The molecule has 1 aromatic rings. The molecule has 1 saturated heterocycles. The molecule has 168 valence electrons. The maximum atomic E-state index is 12.3. The van der Waals surface area contributed by atoms with Gasteiger partial charge in [-0.05, 0) is 52.2 Å². The second kappa shape index (κ2) is 9.30. The molecule has 31 heavy (non-hydrogen) atoms. The Balaban J connectivity index is 1.61. The van der Waals surface area contributed by atoms with E-state index in [1.165, 1.54) is 11.8 Å². The first-order valence-electron chi connectivity index (χ1n) is 10.5. The van der Waals surface area contributed by atoms with Crippen LogP contribution in [0.2, 0.25) is 0 Å². The minimum absolute atomic E-state index is 0.226. The van der Waals surface area contributed by atoms with E-state index in [-0.39, 0.29) is 18.4 Å². The molecular formula is C21H30N6O3S. The van der Waals surface area contributed by atoms with E-state index >= 15 is 0 Å². The van der Waals surface area contributed by atoms with Crippen molar-refractivity contribution in [3.05, 3.63) is 11.8 Å². The van der Waals surface area contributed by atoms with E-state index in [9.17, 15) is 14.9 Å². The summed E-state index contributed by atoms with van der Waals surface area (Å²) in [6.07, 6.45) is 5.39. The van der Waals surface area contributed by atoms with Crippen LogP contribution >= 0.6 is 11.8 Å². The Morgan fingerprint density at radius 1 is 1.39 bits per heavy atom. The molecule has 1 atom stereocenters. The van der Waals surface area contributed by atoms with Gasteiger partial charge in [0.1, 0.15) is 16.8 Å². The number of amides is 2. The Morgan fingerprint density at radius 3 is 2.74 bits per heavy atom. The van der Waals surface area contributed by atoms with Crippen molar-refractivity contribution in [1.29, 1.82) is 5.26 Å². The molecule has 2 heterocycles. The lowest BCUT2D eigenvalue weighted by atomic mass is 10.1. The summed E-state index contributed by atoms with van der Waals surface area (Å²) in [7, 11) is 0. The normalized spacial score (nSPS) is 19.5. The van der Waals surface area contributed by atoms with Crippen LogP contribution in [0.25, 0.3) is 0 Å². The smallest absolute Gasteiger partial charge is 0.407 e. The molecule has 3 rings (SSSR count).